The van der Waals surface area contributed by atoms with Gasteiger partial charge in [-0.15, -0.1) is 0 Å². The summed E-state index contributed by atoms with van der Waals surface area (Å²) in [6.45, 7) is 1.83. The Hall–Kier alpha value is -2.34. The minimum Gasteiger partial charge on any atom is -0.497 e. The molecule has 6 heteroatoms. The fourth-order valence-electron chi connectivity index (χ4n) is 3.09. The number of aromatic nitrogens is 1. The second-order valence-corrected chi connectivity index (χ2v) is 5.89. The van der Waals surface area contributed by atoms with Crippen molar-refractivity contribution in [2.24, 2.45) is 0 Å². The molecule has 0 fully saturated rings. The zero-order valence-electron chi connectivity index (χ0n) is 13.3. The predicted octanol–water partition coefficient (Wildman–Crippen LogP) is 1.95. The van der Waals surface area contributed by atoms with E-state index in [1.165, 1.54) is 6.20 Å². The second kappa shape index (κ2) is 6.04. The summed E-state index contributed by atoms with van der Waals surface area (Å²) in [6.07, 6.45) is 3.75. The van der Waals surface area contributed by atoms with Crippen LogP contribution >= 0.6 is 0 Å². The number of aryl methyl sites for hydroxylation is 2. The molecule has 2 aromatic rings. The molecule has 1 amide bonds. The Labute approximate surface area is 134 Å². The fraction of sp³-hybridized carbons (Fsp3) is 0.412. The van der Waals surface area contributed by atoms with Crippen molar-refractivity contribution in [3.8, 4) is 5.75 Å². The van der Waals surface area contributed by atoms with Gasteiger partial charge in [-0.25, -0.2) is 0 Å². The van der Waals surface area contributed by atoms with Crippen molar-refractivity contribution >= 4 is 5.91 Å². The lowest BCUT2D eigenvalue weighted by Gasteiger charge is -2.34. The van der Waals surface area contributed by atoms with Crippen molar-refractivity contribution in [1.82, 2.24) is 10.5 Å². The van der Waals surface area contributed by atoms with Crippen LogP contribution in [0.15, 0.2) is 28.9 Å². The van der Waals surface area contributed by atoms with E-state index in [0.717, 1.165) is 29.7 Å². The van der Waals surface area contributed by atoms with Gasteiger partial charge in [-0.05, 0) is 49.4 Å². The summed E-state index contributed by atoms with van der Waals surface area (Å²) in [5, 5.41) is 17.4. The number of carbonyl (C=O) groups excluding carboxylic acids is 1. The SMILES string of the molecule is COc1ccc2c(c1)CCC[C@@]2(O)CNC(=O)c1cnoc1C. The molecule has 1 aliphatic rings. The Balaban J connectivity index is 1.78. The van der Waals surface area contributed by atoms with E-state index in [0.29, 0.717) is 17.7 Å². The van der Waals surface area contributed by atoms with Crippen LogP contribution in [0.1, 0.15) is 40.1 Å². The number of aliphatic hydroxyl groups is 1. The van der Waals surface area contributed by atoms with Crippen LogP contribution in [0.5, 0.6) is 5.75 Å². The fourth-order valence-corrected chi connectivity index (χ4v) is 3.09. The van der Waals surface area contributed by atoms with E-state index in [9.17, 15) is 9.90 Å². The van der Waals surface area contributed by atoms with Crippen molar-refractivity contribution in [3.05, 3.63) is 46.8 Å². The first-order valence-electron chi connectivity index (χ1n) is 7.63. The van der Waals surface area contributed by atoms with Gasteiger partial charge in [0.1, 0.15) is 22.7 Å². The molecule has 0 bridgehead atoms. The van der Waals surface area contributed by atoms with Gasteiger partial charge in [-0.2, -0.15) is 0 Å². The molecular weight excluding hydrogens is 296 g/mol. The normalized spacial score (nSPS) is 20.0. The van der Waals surface area contributed by atoms with E-state index in [1.807, 2.05) is 18.2 Å². The highest BCUT2D eigenvalue weighted by molar-refractivity contribution is 5.94. The summed E-state index contributed by atoms with van der Waals surface area (Å²) in [4.78, 5) is 12.2. The van der Waals surface area contributed by atoms with Crippen LogP contribution in [0.3, 0.4) is 0 Å². The Morgan fingerprint density at radius 1 is 1.52 bits per heavy atom. The number of carbonyl (C=O) groups is 1. The lowest BCUT2D eigenvalue weighted by atomic mass is 9.79. The quantitative estimate of drug-likeness (QED) is 0.900. The third-order valence-electron chi connectivity index (χ3n) is 4.39. The second-order valence-electron chi connectivity index (χ2n) is 5.89. The Morgan fingerprint density at radius 3 is 3.04 bits per heavy atom. The van der Waals surface area contributed by atoms with Gasteiger partial charge in [0.15, 0.2) is 0 Å². The number of nitrogens with one attached hydrogen (secondary N) is 1. The van der Waals surface area contributed by atoms with Crippen LogP contribution in [-0.2, 0) is 12.0 Å². The zero-order valence-corrected chi connectivity index (χ0v) is 13.3. The molecule has 1 aromatic heterocycles. The first-order chi connectivity index (χ1) is 11.0. The van der Waals surface area contributed by atoms with Crippen molar-refractivity contribution < 1.29 is 19.2 Å². The first-order valence-corrected chi connectivity index (χ1v) is 7.63. The highest BCUT2D eigenvalue weighted by Gasteiger charge is 2.35. The monoisotopic (exact) mass is 316 g/mol. The smallest absolute Gasteiger partial charge is 0.256 e. The predicted molar refractivity (Wildman–Crippen MR) is 83.4 cm³/mol. The molecule has 0 radical (unpaired) electrons. The minimum absolute atomic E-state index is 0.149. The molecule has 0 saturated carbocycles. The van der Waals surface area contributed by atoms with Gasteiger partial charge in [0.2, 0.25) is 0 Å². The molecular formula is C17H20N2O4. The molecule has 0 spiro atoms. The number of hydrogen-bond acceptors (Lipinski definition) is 5. The molecule has 3 rings (SSSR count). The number of ether oxygens (including phenoxy) is 1. The Bertz CT molecular complexity index is 725. The summed E-state index contributed by atoms with van der Waals surface area (Å²) >= 11 is 0. The molecule has 1 aliphatic carbocycles. The Kier molecular flexibility index (Phi) is 4.09. The number of rotatable bonds is 4. The molecule has 1 heterocycles. The minimum atomic E-state index is -1.07. The number of benzene rings is 1. The van der Waals surface area contributed by atoms with Crippen molar-refractivity contribution in [2.45, 2.75) is 31.8 Å². The third-order valence-corrected chi connectivity index (χ3v) is 4.39. The number of fused-ring (bicyclic) bond motifs is 1. The van der Waals surface area contributed by atoms with E-state index < -0.39 is 5.60 Å². The molecule has 1 aromatic carbocycles. The van der Waals surface area contributed by atoms with Gasteiger partial charge < -0.3 is 19.7 Å². The van der Waals surface area contributed by atoms with Gasteiger partial charge in [0.05, 0.1) is 19.9 Å². The number of hydrogen-bond donors (Lipinski definition) is 2. The standard InChI is InChI=1S/C17H20N2O4/c1-11-14(9-19-23-11)16(20)18-10-17(21)7-3-4-12-8-13(22-2)5-6-15(12)17/h5-6,8-9,21H,3-4,7,10H2,1-2H3,(H,18,20)/t17-/m1/s1. The largest absolute Gasteiger partial charge is 0.497 e. The average Bonchev–Trinajstić information content (AvgIpc) is 2.99. The van der Waals surface area contributed by atoms with Gasteiger partial charge >= 0.3 is 0 Å². The molecule has 122 valence electrons. The molecule has 23 heavy (non-hydrogen) atoms. The zero-order chi connectivity index (χ0) is 16.4. The van der Waals surface area contributed by atoms with Crippen LogP contribution < -0.4 is 10.1 Å². The molecule has 0 saturated heterocycles. The van der Waals surface area contributed by atoms with E-state index in [-0.39, 0.29) is 12.5 Å². The molecule has 0 unspecified atom stereocenters. The van der Waals surface area contributed by atoms with Gasteiger partial charge in [0.25, 0.3) is 5.91 Å². The average molecular weight is 316 g/mol. The summed E-state index contributed by atoms with van der Waals surface area (Å²) in [6, 6.07) is 5.66. The molecule has 6 nitrogen and oxygen atoms in total. The van der Waals surface area contributed by atoms with Crippen molar-refractivity contribution in [3.63, 3.8) is 0 Å². The highest BCUT2D eigenvalue weighted by Crippen LogP contribution is 2.36. The number of nitrogens with zero attached hydrogens (tertiary/aromatic N) is 1. The summed E-state index contributed by atoms with van der Waals surface area (Å²) in [7, 11) is 1.62. The van der Waals surface area contributed by atoms with Crippen molar-refractivity contribution in [2.75, 3.05) is 13.7 Å². The van der Waals surface area contributed by atoms with E-state index in [2.05, 4.69) is 10.5 Å². The maximum absolute atomic E-state index is 12.2. The third kappa shape index (κ3) is 2.94. The first kappa shape index (κ1) is 15.6. The molecule has 2 N–H and O–H groups in total. The van der Waals surface area contributed by atoms with E-state index in [1.54, 1.807) is 14.0 Å². The van der Waals surface area contributed by atoms with Crippen molar-refractivity contribution in [1.29, 1.82) is 0 Å². The van der Waals surface area contributed by atoms with Gasteiger partial charge in [-0.3, -0.25) is 4.79 Å². The lowest BCUT2D eigenvalue weighted by molar-refractivity contribution is 0.0188. The molecule has 1 atom stereocenters. The summed E-state index contributed by atoms with van der Waals surface area (Å²) < 4.78 is 10.1. The van der Waals surface area contributed by atoms with Crippen LogP contribution in [0.25, 0.3) is 0 Å². The van der Waals surface area contributed by atoms with Gasteiger partial charge in [0, 0.05) is 0 Å². The lowest BCUT2D eigenvalue weighted by Crippen LogP contribution is -2.43. The maximum atomic E-state index is 12.2. The van der Waals surface area contributed by atoms with E-state index in [4.69, 9.17) is 9.26 Å². The topological polar surface area (TPSA) is 84.6 Å². The van der Waals surface area contributed by atoms with Crippen LogP contribution in [0.2, 0.25) is 0 Å². The number of methoxy groups -OCH3 is 1. The van der Waals surface area contributed by atoms with Crippen LogP contribution in [0.4, 0.5) is 0 Å². The maximum Gasteiger partial charge on any atom is 0.256 e. The van der Waals surface area contributed by atoms with Crippen LogP contribution in [-0.4, -0.2) is 29.8 Å². The highest BCUT2D eigenvalue weighted by atomic mass is 16.5. The molecule has 0 aliphatic heterocycles. The van der Waals surface area contributed by atoms with Crippen LogP contribution in [0, 0.1) is 6.92 Å². The summed E-state index contributed by atoms with van der Waals surface area (Å²) in [5.41, 5.74) is 1.24. The number of amides is 1. The summed E-state index contributed by atoms with van der Waals surface area (Å²) in [5.74, 6) is 0.943. The van der Waals surface area contributed by atoms with Gasteiger partial charge in [-0.1, -0.05) is 11.2 Å². The van der Waals surface area contributed by atoms with E-state index >= 15 is 0 Å². The Morgan fingerprint density at radius 2 is 2.35 bits per heavy atom.